The van der Waals surface area contributed by atoms with Crippen LogP contribution in [0.25, 0.3) is 11.1 Å². The lowest BCUT2D eigenvalue weighted by Gasteiger charge is -2.63. The molecule has 5 aromatic rings. The lowest BCUT2D eigenvalue weighted by Crippen LogP contribution is -2.74. The van der Waals surface area contributed by atoms with Gasteiger partial charge < -0.3 is 19.9 Å². The lowest BCUT2D eigenvalue weighted by atomic mass is 9.49. The van der Waals surface area contributed by atoms with E-state index in [9.17, 15) is 23.6 Å². The first-order valence-corrected chi connectivity index (χ1v) is 22.7. The molecule has 0 atom stereocenters. The Bertz CT molecular complexity index is 2670. The van der Waals surface area contributed by atoms with Crippen LogP contribution < -0.4 is 15.0 Å². The van der Waals surface area contributed by atoms with E-state index in [0.717, 1.165) is 67.1 Å². The molecule has 4 aliphatic rings. The highest BCUT2D eigenvalue weighted by Gasteiger charge is 2.64. The second-order valence-electron chi connectivity index (χ2n) is 19.1. The first-order valence-electron chi connectivity index (χ1n) is 22.3. The Hall–Kier alpha value is -5.92. The zero-order valence-corrected chi connectivity index (χ0v) is 38.4. The number of carbonyl (C=O) groups is 2. The summed E-state index contributed by atoms with van der Waals surface area (Å²) in [6.45, 7) is 13.6. The molecule has 1 N–H and O–H groups in total. The van der Waals surface area contributed by atoms with Gasteiger partial charge in [-0.25, -0.2) is 18.7 Å². The summed E-state index contributed by atoms with van der Waals surface area (Å²) in [6, 6.07) is 10.5. The van der Waals surface area contributed by atoms with E-state index in [1.54, 1.807) is 67.7 Å². The van der Waals surface area contributed by atoms with E-state index in [-0.39, 0.29) is 35.6 Å². The number of nitriles is 1. The van der Waals surface area contributed by atoms with Crippen LogP contribution in [0.4, 0.5) is 20.3 Å². The first-order chi connectivity index (χ1) is 31.0. The van der Waals surface area contributed by atoms with E-state index in [1.807, 2.05) is 11.0 Å². The highest BCUT2D eigenvalue weighted by molar-refractivity contribution is 6.31. The molecule has 340 valence electrons. The summed E-state index contributed by atoms with van der Waals surface area (Å²) in [4.78, 5) is 41.7. The van der Waals surface area contributed by atoms with E-state index < -0.39 is 17.3 Å². The Morgan fingerprint density at radius 1 is 1.02 bits per heavy atom. The highest BCUT2D eigenvalue weighted by Crippen LogP contribution is 2.56. The van der Waals surface area contributed by atoms with Crippen molar-refractivity contribution in [1.82, 2.24) is 44.6 Å². The number of halogens is 3. The number of piperidine rings is 1. The molecule has 2 fully saturated rings. The molecule has 0 unspecified atom stereocenters. The second kappa shape index (κ2) is 17.1. The third-order valence-corrected chi connectivity index (χ3v) is 14.4. The molecular formula is C48H54ClF2N11O3. The van der Waals surface area contributed by atoms with Gasteiger partial charge in [-0.1, -0.05) is 39.3 Å². The Kier molecular flexibility index (Phi) is 11.7. The summed E-state index contributed by atoms with van der Waals surface area (Å²) < 4.78 is 39.6. The van der Waals surface area contributed by atoms with Crippen LogP contribution in [0.2, 0.25) is 5.02 Å². The number of ether oxygens (including phenoxy) is 1. The number of anilines is 2. The molecule has 14 nitrogen and oxygen atoms in total. The normalized spacial score (nSPS) is 20.4. The predicted octanol–water partition coefficient (Wildman–Crippen LogP) is 7.97. The van der Waals surface area contributed by atoms with Gasteiger partial charge in [-0.2, -0.15) is 15.5 Å². The molecular weight excluding hydrogens is 852 g/mol. The average Bonchev–Trinajstić information content (AvgIpc) is 3.90. The van der Waals surface area contributed by atoms with Crippen LogP contribution in [-0.4, -0.2) is 89.5 Å². The maximum absolute atomic E-state index is 14.7. The summed E-state index contributed by atoms with van der Waals surface area (Å²) in [5, 5.41) is 22.3. The van der Waals surface area contributed by atoms with Crippen LogP contribution >= 0.6 is 11.6 Å². The van der Waals surface area contributed by atoms with Crippen LogP contribution in [0, 0.1) is 22.2 Å². The van der Waals surface area contributed by atoms with Crippen molar-refractivity contribution in [3.05, 3.63) is 99.5 Å². The van der Waals surface area contributed by atoms with Gasteiger partial charge in [0.15, 0.2) is 5.82 Å². The number of fused-ring (bicyclic) bond motifs is 2. The minimum Gasteiger partial charge on any atom is -0.489 e. The minimum atomic E-state index is -2.68. The number of hydrogen-bond donors (Lipinski definition) is 1. The summed E-state index contributed by atoms with van der Waals surface area (Å²) in [7, 11) is 1.78. The SMILES string of the molecule is CC(=O)N1CCc2c(c(N3CCCc4cc(-c5cnn(C)c5)c(C(F)F)cc43)nn2C2CCN(Cc3ncc(C(=O)NC4C(C)(C)C(Oc5ccc(C#N)c(Cl)c5)C4(C)C)cn3)CC2)C1. The third kappa shape index (κ3) is 8.22. The summed E-state index contributed by atoms with van der Waals surface area (Å²) in [6.07, 6.45) is 7.58. The quantitative estimate of drug-likeness (QED) is 0.146. The van der Waals surface area contributed by atoms with Gasteiger partial charge in [0.25, 0.3) is 12.3 Å². The smallest absolute Gasteiger partial charge is 0.264 e. The van der Waals surface area contributed by atoms with E-state index >= 15 is 0 Å². The van der Waals surface area contributed by atoms with Crippen molar-refractivity contribution in [3.8, 4) is 22.9 Å². The molecule has 0 bridgehead atoms. The van der Waals surface area contributed by atoms with Crippen molar-refractivity contribution in [2.45, 2.75) is 104 Å². The van der Waals surface area contributed by atoms with Crippen molar-refractivity contribution in [2.75, 3.05) is 31.1 Å². The lowest BCUT2D eigenvalue weighted by molar-refractivity contribution is -0.164. The molecule has 0 spiro atoms. The Labute approximate surface area is 382 Å². The molecule has 6 heterocycles. The van der Waals surface area contributed by atoms with Gasteiger partial charge in [-0.05, 0) is 61.1 Å². The fourth-order valence-corrected chi connectivity index (χ4v) is 11.2. The zero-order valence-electron chi connectivity index (χ0n) is 37.6. The molecule has 1 saturated heterocycles. The first kappa shape index (κ1) is 44.3. The second-order valence-corrected chi connectivity index (χ2v) is 19.5. The minimum absolute atomic E-state index is 0.00283. The van der Waals surface area contributed by atoms with Crippen LogP contribution in [0.15, 0.2) is 55.1 Å². The van der Waals surface area contributed by atoms with Crippen LogP contribution in [-0.2, 0) is 37.8 Å². The molecule has 9 rings (SSSR count). The number of nitrogens with one attached hydrogen (secondary N) is 1. The Morgan fingerprint density at radius 3 is 2.40 bits per heavy atom. The van der Waals surface area contributed by atoms with Crippen molar-refractivity contribution in [2.24, 2.45) is 17.9 Å². The summed E-state index contributed by atoms with van der Waals surface area (Å²) >= 11 is 6.26. The van der Waals surface area contributed by atoms with Crippen LogP contribution in [0.5, 0.6) is 5.75 Å². The molecule has 3 aliphatic heterocycles. The highest BCUT2D eigenvalue weighted by atomic mass is 35.5. The van der Waals surface area contributed by atoms with E-state index in [4.69, 9.17) is 21.4 Å². The van der Waals surface area contributed by atoms with Gasteiger partial charge in [0.1, 0.15) is 23.7 Å². The van der Waals surface area contributed by atoms with Gasteiger partial charge in [0.05, 0.1) is 41.5 Å². The number of nitrogens with zero attached hydrogens (tertiary/aromatic N) is 10. The maximum Gasteiger partial charge on any atom is 0.264 e. The number of hydrogen-bond acceptors (Lipinski definition) is 10. The largest absolute Gasteiger partial charge is 0.489 e. The number of rotatable bonds is 10. The number of benzene rings is 2. The van der Waals surface area contributed by atoms with Gasteiger partial charge >= 0.3 is 0 Å². The summed E-state index contributed by atoms with van der Waals surface area (Å²) in [5.74, 6) is 1.68. The summed E-state index contributed by atoms with van der Waals surface area (Å²) in [5.41, 5.74) is 4.87. The van der Waals surface area contributed by atoms with Gasteiger partial charge in [-0.3, -0.25) is 23.9 Å². The van der Waals surface area contributed by atoms with Gasteiger partial charge in [-0.15, -0.1) is 0 Å². The van der Waals surface area contributed by atoms with Crippen molar-refractivity contribution < 1.29 is 23.1 Å². The van der Waals surface area contributed by atoms with Gasteiger partial charge in [0.2, 0.25) is 5.91 Å². The molecule has 2 aromatic carbocycles. The topological polar surface area (TPSA) is 150 Å². The molecule has 1 aliphatic carbocycles. The Morgan fingerprint density at radius 2 is 1.75 bits per heavy atom. The maximum atomic E-state index is 14.7. The predicted molar refractivity (Wildman–Crippen MR) is 241 cm³/mol. The number of alkyl halides is 2. The Balaban J connectivity index is 0.865. The van der Waals surface area contributed by atoms with E-state index in [1.165, 1.54) is 0 Å². The fourth-order valence-electron chi connectivity index (χ4n) is 11.0. The van der Waals surface area contributed by atoms with Crippen LogP contribution in [0.1, 0.15) is 110 Å². The van der Waals surface area contributed by atoms with Crippen molar-refractivity contribution in [1.29, 1.82) is 5.26 Å². The number of carbonyl (C=O) groups excluding carboxylic acids is 2. The molecule has 65 heavy (non-hydrogen) atoms. The third-order valence-electron chi connectivity index (χ3n) is 14.1. The van der Waals surface area contributed by atoms with Crippen LogP contribution in [0.3, 0.4) is 0 Å². The average molecular weight is 906 g/mol. The number of aryl methyl sites for hydroxylation is 2. The zero-order chi connectivity index (χ0) is 45.9. The molecule has 3 aromatic heterocycles. The standard InChI is InChI=1S/C48H54ClF2N11O3/c1-28(63)60-17-13-39-37(26-60)43(61-14-7-8-29-18-35(32-24-55-58(6)25-32)36(42(50)51)20-40(29)61)57-62(39)33-11-15-59(16-12-33)27-41-53-22-31(23-54-41)44(64)56-45-47(2,3)46(48(45,4)5)65-34-10-9-30(21-52)38(49)19-34/h9-10,18-20,22-25,33,42,45-46H,7-8,11-17,26-27H2,1-6H3,(H,56,64). The van der Waals surface area contributed by atoms with E-state index in [2.05, 4.69) is 68.6 Å². The monoisotopic (exact) mass is 905 g/mol. The number of amides is 2. The van der Waals surface area contributed by atoms with E-state index in [0.29, 0.717) is 71.5 Å². The fraction of sp³-hybridized carbons (Fsp3) is 0.479. The molecule has 2 amide bonds. The number of likely N-dealkylation sites (tertiary alicyclic amines) is 1. The molecule has 0 radical (unpaired) electrons. The van der Waals surface area contributed by atoms with Crippen molar-refractivity contribution in [3.63, 3.8) is 0 Å². The molecule has 1 saturated carbocycles. The van der Waals surface area contributed by atoms with Crippen molar-refractivity contribution >= 4 is 34.9 Å². The van der Waals surface area contributed by atoms with Gasteiger partial charge in [0, 0.05) is 116 Å². The molecule has 17 heteroatoms. The number of aromatic nitrogens is 6.